The number of rotatable bonds is 9. The highest BCUT2D eigenvalue weighted by atomic mass is 32.1. The molecule has 0 aliphatic carbocycles. The molecule has 0 saturated carbocycles. The number of carbonyl (C=O) groups is 2. The number of ether oxygens (including phenoxy) is 2. The average molecular weight is 439 g/mol. The van der Waals surface area contributed by atoms with E-state index in [0.29, 0.717) is 6.54 Å². The molecule has 0 radical (unpaired) electrons. The lowest BCUT2D eigenvalue weighted by atomic mass is 10.1. The standard InChI is InChI=1S/C20H23F2N3O4S/c1-28-16-10-13(2-3-15(16)29-20(21)22)19(27)24-11-18(26)23-6-8-25-7-4-17-14(12-25)5-9-30-17/h2-3,5,9-10,20H,4,6-8,11-12H2,1H3,(H,23,26)(H,24,27). The minimum Gasteiger partial charge on any atom is -0.493 e. The number of halogens is 2. The molecule has 1 aliphatic heterocycles. The molecular formula is C20H23F2N3O4S. The number of methoxy groups -OCH3 is 1. The van der Waals surface area contributed by atoms with E-state index in [-0.39, 0.29) is 29.5 Å². The van der Waals surface area contributed by atoms with Crippen LogP contribution in [-0.2, 0) is 17.8 Å². The predicted molar refractivity (Wildman–Crippen MR) is 108 cm³/mol. The van der Waals surface area contributed by atoms with Gasteiger partial charge in [0.05, 0.1) is 13.7 Å². The number of benzene rings is 1. The average Bonchev–Trinajstić information content (AvgIpc) is 3.19. The van der Waals surface area contributed by atoms with Crippen molar-refractivity contribution in [1.82, 2.24) is 15.5 Å². The SMILES string of the molecule is COc1cc(C(=O)NCC(=O)NCCN2CCc3sccc3C2)ccc1OC(F)F. The van der Waals surface area contributed by atoms with E-state index in [2.05, 4.69) is 31.7 Å². The fourth-order valence-electron chi connectivity index (χ4n) is 3.18. The van der Waals surface area contributed by atoms with Gasteiger partial charge >= 0.3 is 6.61 Å². The van der Waals surface area contributed by atoms with E-state index >= 15 is 0 Å². The zero-order valence-electron chi connectivity index (χ0n) is 16.5. The summed E-state index contributed by atoms with van der Waals surface area (Å²) in [5.74, 6) is -0.994. The van der Waals surface area contributed by atoms with Crippen molar-refractivity contribution in [2.24, 2.45) is 0 Å². The van der Waals surface area contributed by atoms with E-state index in [0.717, 1.165) is 26.1 Å². The summed E-state index contributed by atoms with van der Waals surface area (Å²) in [5, 5.41) is 7.39. The molecule has 0 bridgehead atoms. The van der Waals surface area contributed by atoms with Crippen molar-refractivity contribution in [2.75, 3.05) is 33.3 Å². The molecule has 0 fully saturated rings. The molecule has 10 heteroatoms. The molecule has 1 aromatic carbocycles. The monoisotopic (exact) mass is 439 g/mol. The van der Waals surface area contributed by atoms with E-state index in [1.807, 2.05) is 0 Å². The molecule has 3 rings (SSSR count). The Hall–Kier alpha value is -2.72. The molecule has 1 aliphatic rings. The number of nitrogens with zero attached hydrogens (tertiary/aromatic N) is 1. The number of fused-ring (bicyclic) bond motifs is 1. The lowest BCUT2D eigenvalue weighted by Gasteiger charge is -2.26. The smallest absolute Gasteiger partial charge is 0.387 e. The number of nitrogens with one attached hydrogen (secondary N) is 2. The summed E-state index contributed by atoms with van der Waals surface area (Å²) in [7, 11) is 1.28. The van der Waals surface area contributed by atoms with Gasteiger partial charge in [0.1, 0.15) is 0 Å². The van der Waals surface area contributed by atoms with Crippen LogP contribution in [0.1, 0.15) is 20.8 Å². The third-order valence-electron chi connectivity index (χ3n) is 4.69. The maximum atomic E-state index is 12.4. The van der Waals surface area contributed by atoms with Crippen LogP contribution in [0.5, 0.6) is 11.5 Å². The van der Waals surface area contributed by atoms with Gasteiger partial charge in [0.15, 0.2) is 11.5 Å². The van der Waals surface area contributed by atoms with Crippen LogP contribution in [0, 0.1) is 0 Å². The number of thiophene rings is 1. The quantitative estimate of drug-likeness (QED) is 0.627. The third kappa shape index (κ3) is 5.90. The predicted octanol–water partition coefficient (Wildman–Crippen LogP) is 2.26. The van der Waals surface area contributed by atoms with Crippen LogP contribution in [-0.4, -0.2) is 56.6 Å². The molecular weight excluding hydrogens is 416 g/mol. The van der Waals surface area contributed by atoms with Gasteiger partial charge in [-0.2, -0.15) is 8.78 Å². The molecule has 30 heavy (non-hydrogen) atoms. The van der Waals surface area contributed by atoms with Gasteiger partial charge in [0.25, 0.3) is 5.91 Å². The van der Waals surface area contributed by atoms with Gasteiger partial charge in [-0.1, -0.05) is 0 Å². The molecule has 162 valence electrons. The molecule has 2 amide bonds. The van der Waals surface area contributed by atoms with E-state index in [4.69, 9.17) is 4.74 Å². The Morgan fingerprint density at radius 2 is 2.07 bits per heavy atom. The Kier molecular flexibility index (Phi) is 7.58. The second-order valence-electron chi connectivity index (χ2n) is 6.67. The molecule has 7 nitrogen and oxygen atoms in total. The molecule has 2 N–H and O–H groups in total. The summed E-state index contributed by atoms with van der Waals surface area (Å²) in [6, 6.07) is 5.96. The Balaban J connectivity index is 1.40. The van der Waals surface area contributed by atoms with Crippen LogP contribution >= 0.6 is 11.3 Å². The summed E-state index contributed by atoms with van der Waals surface area (Å²) in [5.41, 5.74) is 1.52. The maximum Gasteiger partial charge on any atom is 0.387 e. The molecule has 2 heterocycles. The van der Waals surface area contributed by atoms with E-state index in [1.54, 1.807) is 11.3 Å². The lowest BCUT2D eigenvalue weighted by molar-refractivity contribution is -0.120. The number of hydrogen-bond acceptors (Lipinski definition) is 6. The maximum absolute atomic E-state index is 12.4. The second kappa shape index (κ2) is 10.4. The van der Waals surface area contributed by atoms with E-state index in [9.17, 15) is 18.4 Å². The van der Waals surface area contributed by atoms with E-state index < -0.39 is 12.5 Å². The van der Waals surface area contributed by atoms with Crippen LogP contribution in [0.15, 0.2) is 29.6 Å². The Morgan fingerprint density at radius 3 is 2.83 bits per heavy atom. The highest BCUT2D eigenvalue weighted by Gasteiger charge is 2.17. The Morgan fingerprint density at radius 1 is 1.23 bits per heavy atom. The molecule has 0 atom stereocenters. The van der Waals surface area contributed by atoms with Crippen LogP contribution < -0.4 is 20.1 Å². The molecule has 0 unspecified atom stereocenters. The summed E-state index contributed by atoms with van der Waals surface area (Å²) in [6.45, 7) is -0.115. The van der Waals surface area contributed by atoms with Crippen LogP contribution in [0.2, 0.25) is 0 Å². The second-order valence-corrected chi connectivity index (χ2v) is 7.67. The topological polar surface area (TPSA) is 79.9 Å². The highest BCUT2D eigenvalue weighted by Crippen LogP contribution is 2.29. The van der Waals surface area contributed by atoms with Gasteiger partial charge in [-0.05, 0) is 41.6 Å². The Bertz CT molecular complexity index is 891. The van der Waals surface area contributed by atoms with Crippen molar-refractivity contribution in [3.05, 3.63) is 45.6 Å². The van der Waals surface area contributed by atoms with Crippen molar-refractivity contribution in [3.63, 3.8) is 0 Å². The first-order valence-corrected chi connectivity index (χ1v) is 10.3. The first-order chi connectivity index (χ1) is 14.5. The summed E-state index contributed by atoms with van der Waals surface area (Å²) in [4.78, 5) is 27.9. The van der Waals surface area contributed by atoms with Crippen LogP contribution in [0.3, 0.4) is 0 Å². The van der Waals surface area contributed by atoms with Gasteiger partial charge in [0, 0.05) is 36.6 Å². The van der Waals surface area contributed by atoms with Crippen molar-refractivity contribution in [2.45, 2.75) is 19.6 Å². The fourth-order valence-corrected chi connectivity index (χ4v) is 4.07. The lowest BCUT2D eigenvalue weighted by Crippen LogP contribution is -2.41. The summed E-state index contributed by atoms with van der Waals surface area (Å²) in [6.07, 6.45) is 1.03. The number of alkyl halides is 2. The van der Waals surface area contributed by atoms with Gasteiger partial charge in [-0.3, -0.25) is 14.5 Å². The zero-order chi connectivity index (χ0) is 21.5. The van der Waals surface area contributed by atoms with Gasteiger partial charge < -0.3 is 20.1 Å². The molecule has 0 saturated heterocycles. The molecule has 2 aromatic rings. The first-order valence-electron chi connectivity index (χ1n) is 9.41. The van der Waals surface area contributed by atoms with Crippen molar-refractivity contribution < 1.29 is 27.8 Å². The summed E-state index contributed by atoms with van der Waals surface area (Å²) < 4.78 is 34.0. The Labute approximate surface area is 177 Å². The number of amides is 2. The summed E-state index contributed by atoms with van der Waals surface area (Å²) >= 11 is 1.78. The van der Waals surface area contributed by atoms with Gasteiger partial charge in [0.2, 0.25) is 5.91 Å². The van der Waals surface area contributed by atoms with Crippen LogP contribution in [0.25, 0.3) is 0 Å². The van der Waals surface area contributed by atoms with Crippen LogP contribution in [0.4, 0.5) is 8.78 Å². The van der Waals surface area contributed by atoms with Crippen molar-refractivity contribution >= 4 is 23.2 Å². The fraction of sp³-hybridized carbons (Fsp3) is 0.400. The number of hydrogen-bond donors (Lipinski definition) is 2. The third-order valence-corrected chi connectivity index (χ3v) is 5.71. The minimum absolute atomic E-state index is 0.00251. The van der Waals surface area contributed by atoms with Crippen molar-refractivity contribution in [1.29, 1.82) is 0 Å². The zero-order valence-corrected chi connectivity index (χ0v) is 17.3. The highest BCUT2D eigenvalue weighted by molar-refractivity contribution is 7.10. The number of carbonyl (C=O) groups excluding carboxylic acids is 2. The van der Waals surface area contributed by atoms with Crippen molar-refractivity contribution in [3.8, 4) is 11.5 Å². The normalized spacial score (nSPS) is 13.6. The molecule has 1 aromatic heterocycles. The van der Waals surface area contributed by atoms with Gasteiger partial charge in [-0.15, -0.1) is 11.3 Å². The minimum atomic E-state index is -3.00. The van der Waals surface area contributed by atoms with E-state index in [1.165, 1.54) is 35.7 Å². The largest absolute Gasteiger partial charge is 0.493 e. The van der Waals surface area contributed by atoms with Gasteiger partial charge in [-0.25, -0.2) is 0 Å². The first kappa shape index (κ1) is 22.0. The molecule has 0 spiro atoms.